The number of hydrogen-bond acceptors (Lipinski definition) is 1. The number of aliphatic hydroxyl groups excluding tert-OH is 1. The standard InChI is InChI=1S/C12H14BrNO/c1-12(2,7-15)8-3-4-9-10(13)6-14-11(9)5-8/h3-6,14-15H,7H2,1-2H3. The third-order valence-corrected chi connectivity index (χ3v) is 3.46. The molecule has 0 saturated carbocycles. The molecule has 0 aliphatic carbocycles. The molecule has 0 saturated heterocycles. The van der Waals surface area contributed by atoms with E-state index in [0.29, 0.717) is 0 Å². The van der Waals surface area contributed by atoms with Crippen LogP contribution in [-0.2, 0) is 5.41 Å². The van der Waals surface area contributed by atoms with E-state index >= 15 is 0 Å². The molecule has 0 atom stereocenters. The molecule has 1 aromatic carbocycles. The van der Waals surface area contributed by atoms with Gasteiger partial charge in [-0.3, -0.25) is 0 Å². The van der Waals surface area contributed by atoms with Crippen LogP contribution in [0.3, 0.4) is 0 Å². The second-order valence-corrected chi connectivity index (χ2v) is 5.29. The van der Waals surface area contributed by atoms with Gasteiger partial charge in [-0.15, -0.1) is 0 Å². The number of hydrogen-bond donors (Lipinski definition) is 2. The molecular formula is C12H14BrNO. The monoisotopic (exact) mass is 267 g/mol. The molecule has 0 bridgehead atoms. The van der Waals surface area contributed by atoms with Crippen molar-refractivity contribution in [1.82, 2.24) is 4.98 Å². The van der Waals surface area contributed by atoms with Gasteiger partial charge >= 0.3 is 0 Å². The van der Waals surface area contributed by atoms with Gasteiger partial charge in [-0.25, -0.2) is 0 Å². The summed E-state index contributed by atoms with van der Waals surface area (Å²) in [5.74, 6) is 0. The summed E-state index contributed by atoms with van der Waals surface area (Å²) in [7, 11) is 0. The van der Waals surface area contributed by atoms with Crippen molar-refractivity contribution < 1.29 is 5.11 Å². The van der Waals surface area contributed by atoms with Crippen LogP contribution in [-0.4, -0.2) is 16.7 Å². The van der Waals surface area contributed by atoms with Crippen LogP contribution in [0, 0.1) is 0 Å². The van der Waals surface area contributed by atoms with Crippen LogP contribution in [0.4, 0.5) is 0 Å². The SMILES string of the molecule is CC(C)(CO)c1ccc2c(Br)c[nH]c2c1. The van der Waals surface area contributed by atoms with E-state index in [9.17, 15) is 5.11 Å². The Balaban J connectivity index is 2.57. The molecule has 0 amide bonds. The van der Waals surface area contributed by atoms with E-state index in [1.54, 1.807) is 0 Å². The Labute approximate surface area is 97.4 Å². The maximum atomic E-state index is 9.31. The van der Waals surface area contributed by atoms with Crippen molar-refractivity contribution in [3.05, 3.63) is 34.4 Å². The molecule has 0 aliphatic heterocycles. The van der Waals surface area contributed by atoms with Gasteiger partial charge in [0, 0.05) is 27.0 Å². The van der Waals surface area contributed by atoms with Crippen LogP contribution in [0.2, 0.25) is 0 Å². The fraction of sp³-hybridized carbons (Fsp3) is 0.333. The molecule has 0 fully saturated rings. The average Bonchev–Trinajstić information content (AvgIpc) is 2.60. The van der Waals surface area contributed by atoms with E-state index in [0.717, 1.165) is 15.6 Å². The molecule has 1 aromatic heterocycles. The van der Waals surface area contributed by atoms with E-state index in [4.69, 9.17) is 0 Å². The smallest absolute Gasteiger partial charge is 0.0522 e. The maximum Gasteiger partial charge on any atom is 0.0522 e. The van der Waals surface area contributed by atoms with Crippen molar-refractivity contribution in [2.75, 3.05) is 6.61 Å². The lowest BCUT2D eigenvalue weighted by Gasteiger charge is -2.22. The summed E-state index contributed by atoms with van der Waals surface area (Å²) >= 11 is 3.48. The Bertz CT molecular complexity index is 487. The molecule has 0 unspecified atom stereocenters. The quantitative estimate of drug-likeness (QED) is 0.862. The summed E-state index contributed by atoms with van der Waals surface area (Å²) in [5, 5.41) is 10.5. The first-order chi connectivity index (χ1) is 7.04. The normalized spacial score (nSPS) is 12.3. The van der Waals surface area contributed by atoms with Crippen molar-refractivity contribution in [3.8, 4) is 0 Å². The number of nitrogens with one attached hydrogen (secondary N) is 1. The number of H-pyrrole nitrogens is 1. The first-order valence-electron chi connectivity index (χ1n) is 4.92. The zero-order valence-electron chi connectivity index (χ0n) is 8.84. The summed E-state index contributed by atoms with van der Waals surface area (Å²) in [5.41, 5.74) is 2.05. The van der Waals surface area contributed by atoms with Crippen molar-refractivity contribution in [3.63, 3.8) is 0 Å². The largest absolute Gasteiger partial charge is 0.395 e. The number of benzene rings is 1. The lowest BCUT2D eigenvalue weighted by atomic mass is 9.85. The predicted molar refractivity (Wildman–Crippen MR) is 66.1 cm³/mol. The van der Waals surface area contributed by atoms with Crippen LogP contribution < -0.4 is 0 Å². The molecule has 80 valence electrons. The number of aromatic nitrogens is 1. The van der Waals surface area contributed by atoms with Gasteiger partial charge in [-0.1, -0.05) is 26.0 Å². The van der Waals surface area contributed by atoms with Gasteiger partial charge in [0.05, 0.1) is 6.61 Å². The third-order valence-electron chi connectivity index (χ3n) is 2.81. The highest BCUT2D eigenvalue weighted by Crippen LogP contribution is 2.29. The Morgan fingerprint density at radius 1 is 1.40 bits per heavy atom. The molecule has 15 heavy (non-hydrogen) atoms. The highest BCUT2D eigenvalue weighted by atomic mass is 79.9. The van der Waals surface area contributed by atoms with Crippen LogP contribution in [0.5, 0.6) is 0 Å². The number of halogens is 1. The molecule has 3 heteroatoms. The topological polar surface area (TPSA) is 36.0 Å². The van der Waals surface area contributed by atoms with Gasteiger partial charge in [0.15, 0.2) is 0 Å². The Hall–Kier alpha value is -0.800. The Kier molecular flexibility index (Phi) is 2.61. The molecule has 2 rings (SSSR count). The van der Waals surface area contributed by atoms with Crippen LogP contribution >= 0.6 is 15.9 Å². The van der Waals surface area contributed by atoms with E-state index in [2.05, 4.69) is 39.1 Å². The van der Waals surface area contributed by atoms with Crippen molar-refractivity contribution >= 4 is 26.8 Å². The second kappa shape index (κ2) is 3.65. The van der Waals surface area contributed by atoms with E-state index in [1.807, 2.05) is 20.0 Å². The summed E-state index contributed by atoms with van der Waals surface area (Å²) in [6, 6.07) is 6.23. The van der Waals surface area contributed by atoms with Gasteiger partial charge in [-0.2, -0.15) is 0 Å². The summed E-state index contributed by atoms with van der Waals surface area (Å²) in [6.07, 6.45) is 1.93. The second-order valence-electron chi connectivity index (χ2n) is 4.44. The number of aliphatic hydroxyl groups is 1. The third kappa shape index (κ3) is 1.82. The Morgan fingerprint density at radius 3 is 2.80 bits per heavy atom. The molecule has 1 heterocycles. The summed E-state index contributed by atoms with van der Waals surface area (Å²) < 4.78 is 1.07. The van der Waals surface area contributed by atoms with Crippen LogP contribution in [0.15, 0.2) is 28.9 Å². The molecule has 2 nitrogen and oxygen atoms in total. The molecule has 0 radical (unpaired) electrons. The average molecular weight is 268 g/mol. The number of fused-ring (bicyclic) bond motifs is 1. The highest BCUT2D eigenvalue weighted by Gasteiger charge is 2.19. The van der Waals surface area contributed by atoms with E-state index < -0.39 is 0 Å². The highest BCUT2D eigenvalue weighted by molar-refractivity contribution is 9.10. The van der Waals surface area contributed by atoms with Crippen molar-refractivity contribution in [1.29, 1.82) is 0 Å². The van der Waals surface area contributed by atoms with Gasteiger partial charge in [-0.05, 0) is 27.6 Å². The van der Waals surface area contributed by atoms with Crippen LogP contribution in [0.25, 0.3) is 10.9 Å². The minimum Gasteiger partial charge on any atom is -0.395 e. The van der Waals surface area contributed by atoms with E-state index in [1.165, 1.54) is 5.39 Å². The van der Waals surface area contributed by atoms with Gasteiger partial charge in [0.1, 0.15) is 0 Å². The van der Waals surface area contributed by atoms with Crippen LogP contribution in [0.1, 0.15) is 19.4 Å². The van der Waals surface area contributed by atoms with Crippen molar-refractivity contribution in [2.24, 2.45) is 0 Å². The maximum absolute atomic E-state index is 9.31. The zero-order chi connectivity index (χ0) is 11.1. The fourth-order valence-corrected chi connectivity index (χ4v) is 2.06. The van der Waals surface area contributed by atoms with Gasteiger partial charge in [0.25, 0.3) is 0 Å². The zero-order valence-corrected chi connectivity index (χ0v) is 10.4. The summed E-state index contributed by atoms with van der Waals surface area (Å²) in [6.45, 7) is 4.22. The molecule has 0 aliphatic rings. The van der Waals surface area contributed by atoms with Gasteiger partial charge in [0.2, 0.25) is 0 Å². The van der Waals surface area contributed by atoms with Crippen molar-refractivity contribution in [2.45, 2.75) is 19.3 Å². The first kappa shape index (κ1) is 10.7. The Morgan fingerprint density at radius 2 is 2.13 bits per heavy atom. The van der Waals surface area contributed by atoms with E-state index in [-0.39, 0.29) is 12.0 Å². The fourth-order valence-electron chi connectivity index (χ4n) is 1.60. The molecule has 0 spiro atoms. The lowest BCUT2D eigenvalue weighted by Crippen LogP contribution is -2.21. The minimum atomic E-state index is -0.189. The lowest BCUT2D eigenvalue weighted by molar-refractivity contribution is 0.218. The first-order valence-corrected chi connectivity index (χ1v) is 5.72. The number of aromatic amines is 1. The molecule has 2 N–H and O–H groups in total. The molecular weight excluding hydrogens is 254 g/mol. The number of rotatable bonds is 2. The predicted octanol–water partition coefficient (Wildman–Crippen LogP) is 3.20. The molecule has 2 aromatic rings. The summed E-state index contributed by atoms with van der Waals surface area (Å²) in [4.78, 5) is 3.20. The van der Waals surface area contributed by atoms with Gasteiger partial charge < -0.3 is 10.1 Å². The minimum absolute atomic E-state index is 0.153.